The fourth-order valence-electron chi connectivity index (χ4n) is 2.45. The SMILES string of the molecule is CN(C)C(=O)COc1ccc(NC(=O)C2=CN3CCS(=O)(=O)N=C3C=C2)cc1. The summed E-state index contributed by atoms with van der Waals surface area (Å²) < 4.78 is 32.1. The average Bonchev–Trinajstić information content (AvgIpc) is 2.66. The van der Waals surface area contributed by atoms with Gasteiger partial charge in [0.15, 0.2) is 6.61 Å². The number of carbonyl (C=O) groups excluding carboxylic acids is 2. The van der Waals surface area contributed by atoms with Crippen LogP contribution in [0.15, 0.2) is 52.6 Å². The van der Waals surface area contributed by atoms with Gasteiger partial charge in [0.2, 0.25) is 0 Å². The standard InChI is InChI=1S/C18H20N4O5S/c1-21(2)17(23)12-27-15-6-4-14(5-7-15)19-18(24)13-3-8-16-20-28(25,26)10-9-22(16)11-13/h3-8,11H,9-10,12H2,1-2H3,(H,19,24). The van der Waals surface area contributed by atoms with E-state index in [0.29, 0.717) is 22.8 Å². The Balaban J connectivity index is 1.60. The zero-order chi connectivity index (χ0) is 20.3. The number of carbonyl (C=O) groups is 2. The third-order valence-electron chi connectivity index (χ3n) is 4.06. The van der Waals surface area contributed by atoms with Crippen molar-refractivity contribution in [1.82, 2.24) is 9.80 Å². The molecule has 0 fully saturated rings. The van der Waals surface area contributed by atoms with Crippen molar-refractivity contribution in [3.05, 3.63) is 48.2 Å². The lowest BCUT2D eigenvalue weighted by molar-refractivity contribution is -0.130. The van der Waals surface area contributed by atoms with Gasteiger partial charge in [0.25, 0.3) is 21.8 Å². The molecule has 1 aromatic rings. The molecular weight excluding hydrogens is 384 g/mol. The fourth-order valence-corrected chi connectivity index (χ4v) is 3.42. The minimum absolute atomic E-state index is 0.0637. The van der Waals surface area contributed by atoms with E-state index in [1.54, 1.807) is 49.5 Å². The maximum atomic E-state index is 12.4. The lowest BCUT2D eigenvalue weighted by Crippen LogP contribution is -2.37. The number of sulfonamides is 1. The summed E-state index contributed by atoms with van der Waals surface area (Å²) in [5.41, 5.74) is 0.946. The Morgan fingerprint density at radius 3 is 2.61 bits per heavy atom. The summed E-state index contributed by atoms with van der Waals surface area (Å²) in [5, 5.41) is 2.76. The Morgan fingerprint density at radius 2 is 1.93 bits per heavy atom. The lowest BCUT2D eigenvalue weighted by atomic mass is 10.1. The van der Waals surface area contributed by atoms with E-state index >= 15 is 0 Å². The quantitative estimate of drug-likeness (QED) is 0.770. The third-order valence-corrected chi connectivity index (χ3v) is 5.22. The van der Waals surface area contributed by atoms with Gasteiger partial charge in [-0.25, -0.2) is 8.42 Å². The van der Waals surface area contributed by atoms with Crippen LogP contribution in [0.1, 0.15) is 0 Å². The van der Waals surface area contributed by atoms with E-state index < -0.39 is 10.0 Å². The van der Waals surface area contributed by atoms with E-state index in [1.165, 1.54) is 17.1 Å². The number of fused-ring (bicyclic) bond motifs is 1. The fraction of sp³-hybridized carbons (Fsp3) is 0.278. The Bertz CT molecular complexity index is 978. The zero-order valence-electron chi connectivity index (χ0n) is 15.5. The summed E-state index contributed by atoms with van der Waals surface area (Å²) >= 11 is 0. The van der Waals surface area contributed by atoms with Crippen LogP contribution in [-0.2, 0) is 19.6 Å². The molecule has 2 aliphatic heterocycles. The first-order chi connectivity index (χ1) is 13.2. The number of rotatable bonds is 5. The van der Waals surface area contributed by atoms with Gasteiger partial charge in [-0.2, -0.15) is 0 Å². The minimum Gasteiger partial charge on any atom is -0.484 e. The number of nitrogens with one attached hydrogen (secondary N) is 1. The summed E-state index contributed by atoms with van der Waals surface area (Å²) in [4.78, 5) is 27.0. The number of hydrogen-bond donors (Lipinski definition) is 1. The number of amidine groups is 1. The van der Waals surface area contributed by atoms with Crippen molar-refractivity contribution >= 4 is 33.4 Å². The minimum atomic E-state index is -3.43. The van der Waals surface area contributed by atoms with Crippen LogP contribution in [0.2, 0.25) is 0 Å². The first-order valence-corrected chi connectivity index (χ1v) is 10.1. The Morgan fingerprint density at radius 1 is 1.21 bits per heavy atom. The zero-order valence-corrected chi connectivity index (χ0v) is 16.3. The number of benzene rings is 1. The molecule has 0 bridgehead atoms. The molecule has 9 nitrogen and oxygen atoms in total. The molecule has 0 spiro atoms. The van der Waals surface area contributed by atoms with Crippen LogP contribution < -0.4 is 10.1 Å². The Kier molecular flexibility index (Phi) is 5.50. The maximum absolute atomic E-state index is 12.4. The first-order valence-electron chi connectivity index (χ1n) is 8.47. The molecule has 0 aromatic heterocycles. The van der Waals surface area contributed by atoms with Crippen molar-refractivity contribution in [3.63, 3.8) is 0 Å². The molecule has 1 N–H and O–H groups in total. The van der Waals surface area contributed by atoms with Crippen LogP contribution >= 0.6 is 0 Å². The highest BCUT2D eigenvalue weighted by Crippen LogP contribution is 2.19. The predicted octanol–water partition coefficient (Wildman–Crippen LogP) is 0.590. The van der Waals surface area contributed by atoms with Crippen molar-refractivity contribution in [3.8, 4) is 5.75 Å². The average molecular weight is 404 g/mol. The molecule has 2 amide bonds. The van der Waals surface area contributed by atoms with Crippen molar-refractivity contribution in [2.45, 2.75) is 0 Å². The van der Waals surface area contributed by atoms with E-state index in [-0.39, 0.29) is 30.7 Å². The van der Waals surface area contributed by atoms with E-state index in [1.807, 2.05) is 0 Å². The van der Waals surface area contributed by atoms with Crippen LogP contribution in [0, 0.1) is 0 Å². The molecule has 148 valence electrons. The molecular formula is C18H20N4O5S. The van der Waals surface area contributed by atoms with Crippen molar-refractivity contribution < 1.29 is 22.7 Å². The lowest BCUT2D eigenvalue weighted by Gasteiger charge is -2.26. The molecule has 3 rings (SSSR count). The van der Waals surface area contributed by atoms with Gasteiger partial charge in [-0.05, 0) is 36.4 Å². The molecule has 0 saturated heterocycles. The topological polar surface area (TPSA) is 108 Å². The second-order valence-electron chi connectivity index (χ2n) is 6.40. The van der Waals surface area contributed by atoms with Gasteiger partial charge in [0.1, 0.15) is 11.6 Å². The summed E-state index contributed by atoms with van der Waals surface area (Å²) in [7, 11) is -0.131. The molecule has 0 radical (unpaired) electrons. The van der Waals surface area contributed by atoms with Crippen molar-refractivity contribution in [1.29, 1.82) is 0 Å². The highest BCUT2D eigenvalue weighted by molar-refractivity contribution is 7.90. The molecule has 10 heteroatoms. The summed E-state index contributed by atoms with van der Waals surface area (Å²) in [5.74, 6) is 0.243. The second kappa shape index (κ2) is 7.85. The summed E-state index contributed by atoms with van der Waals surface area (Å²) in [6, 6.07) is 6.65. The number of nitrogens with zero attached hydrogens (tertiary/aromatic N) is 3. The van der Waals surface area contributed by atoms with E-state index in [9.17, 15) is 18.0 Å². The molecule has 0 saturated carbocycles. The molecule has 0 atom stereocenters. The van der Waals surface area contributed by atoms with Crippen LogP contribution in [0.5, 0.6) is 5.75 Å². The van der Waals surface area contributed by atoms with Gasteiger partial charge in [-0.1, -0.05) is 0 Å². The molecule has 0 unspecified atom stereocenters. The van der Waals surface area contributed by atoms with Crippen molar-refractivity contribution in [2.24, 2.45) is 4.40 Å². The summed E-state index contributed by atoms with van der Waals surface area (Å²) in [6.45, 7) is 0.186. The van der Waals surface area contributed by atoms with Gasteiger partial charge in [-0.15, -0.1) is 4.40 Å². The molecule has 1 aromatic carbocycles. The van der Waals surface area contributed by atoms with E-state index in [4.69, 9.17) is 4.74 Å². The maximum Gasteiger partial charge on any atom is 0.259 e. The van der Waals surface area contributed by atoms with E-state index in [0.717, 1.165) is 0 Å². The predicted molar refractivity (Wildman–Crippen MR) is 104 cm³/mol. The highest BCUT2D eigenvalue weighted by atomic mass is 32.2. The van der Waals surface area contributed by atoms with Gasteiger partial charge >= 0.3 is 0 Å². The monoisotopic (exact) mass is 404 g/mol. The molecule has 28 heavy (non-hydrogen) atoms. The normalized spacial score (nSPS) is 17.1. The Labute approximate surface area is 163 Å². The van der Waals surface area contributed by atoms with E-state index in [2.05, 4.69) is 9.71 Å². The van der Waals surface area contributed by atoms with Gasteiger partial charge in [-0.3, -0.25) is 9.59 Å². The van der Waals surface area contributed by atoms with Crippen LogP contribution in [0.25, 0.3) is 0 Å². The first kappa shape index (κ1) is 19.6. The van der Waals surface area contributed by atoms with Gasteiger partial charge in [0, 0.05) is 32.5 Å². The Hall–Kier alpha value is -3.14. The molecule has 2 heterocycles. The number of anilines is 1. The van der Waals surface area contributed by atoms with Crippen molar-refractivity contribution in [2.75, 3.05) is 38.3 Å². The number of ether oxygens (including phenoxy) is 1. The smallest absolute Gasteiger partial charge is 0.259 e. The van der Waals surface area contributed by atoms with Crippen LogP contribution in [0.3, 0.4) is 0 Å². The third kappa shape index (κ3) is 4.77. The number of amides is 2. The van der Waals surface area contributed by atoms with Crippen LogP contribution in [0.4, 0.5) is 5.69 Å². The van der Waals surface area contributed by atoms with Gasteiger partial charge in [0.05, 0.1) is 11.3 Å². The number of hydrogen-bond acceptors (Lipinski definition) is 6. The highest BCUT2D eigenvalue weighted by Gasteiger charge is 2.25. The molecule has 0 aliphatic carbocycles. The molecule has 2 aliphatic rings. The number of likely N-dealkylation sites (N-methyl/N-ethyl adjacent to an activating group) is 1. The summed E-state index contributed by atoms with van der Waals surface area (Å²) in [6.07, 6.45) is 4.60. The van der Waals surface area contributed by atoms with Gasteiger partial charge < -0.3 is 19.9 Å². The second-order valence-corrected chi connectivity index (χ2v) is 8.16. The largest absolute Gasteiger partial charge is 0.484 e. The van der Waals surface area contributed by atoms with Crippen LogP contribution in [-0.4, -0.2) is 68.9 Å².